The van der Waals surface area contributed by atoms with Gasteiger partial charge in [-0.3, -0.25) is 4.79 Å². The second-order valence-corrected chi connectivity index (χ2v) is 4.10. The number of carbonyl (C=O) groups is 1. The Labute approximate surface area is 82.1 Å². The fraction of sp³-hybridized carbons (Fsp3) is 0.889. The fourth-order valence-electron chi connectivity index (χ4n) is 2.07. The molecule has 1 amide bonds. The number of hydrogen-bond acceptors (Lipinski definition) is 4. The summed E-state index contributed by atoms with van der Waals surface area (Å²) in [6.07, 6.45) is 1.15. The van der Waals surface area contributed by atoms with Crippen molar-refractivity contribution in [2.24, 2.45) is 5.92 Å². The summed E-state index contributed by atoms with van der Waals surface area (Å²) in [4.78, 5) is 11.5. The van der Waals surface area contributed by atoms with E-state index in [-0.39, 0.29) is 37.7 Å². The average Bonchev–Trinajstić information content (AvgIpc) is 2.44. The molecule has 3 N–H and O–H groups in total. The van der Waals surface area contributed by atoms with Gasteiger partial charge in [0.1, 0.15) is 5.60 Å². The molecule has 14 heavy (non-hydrogen) atoms. The zero-order valence-electron chi connectivity index (χ0n) is 7.90. The van der Waals surface area contributed by atoms with Crippen molar-refractivity contribution in [2.75, 3.05) is 19.8 Å². The van der Waals surface area contributed by atoms with Crippen LogP contribution in [0.2, 0.25) is 0 Å². The number of ether oxygens (including phenoxy) is 1. The Morgan fingerprint density at radius 2 is 2.29 bits per heavy atom. The van der Waals surface area contributed by atoms with Gasteiger partial charge in [0, 0.05) is 12.6 Å². The molecule has 0 saturated carbocycles. The molecule has 2 aliphatic rings. The van der Waals surface area contributed by atoms with Crippen molar-refractivity contribution >= 4 is 5.91 Å². The van der Waals surface area contributed by atoms with E-state index in [0.29, 0.717) is 12.8 Å². The number of nitrogens with one attached hydrogen (secondary N) is 1. The van der Waals surface area contributed by atoms with Crippen LogP contribution in [0.4, 0.5) is 0 Å². The number of hydrogen-bond donors (Lipinski definition) is 3. The highest BCUT2D eigenvalue weighted by Crippen LogP contribution is 2.33. The molecule has 0 aromatic rings. The van der Waals surface area contributed by atoms with Crippen molar-refractivity contribution in [1.29, 1.82) is 0 Å². The van der Waals surface area contributed by atoms with E-state index in [9.17, 15) is 9.90 Å². The maximum atomic E-state index is 11.5. The molecule has 5 heteroatoms. The van der Waals surface area contributed by atoms with E-state index in [0.717, 1.165) is 0 Å². The van der Waals surface area contributed by atoms with Gasteiger partial charge in [0.15, 0.2) is 0 Å². The lowest BCUT2D eigenvalue weighted by Gasteiger charge is -2.39. The number of aliphatic hydroxyl groups excluding tert-OH is 1. The third kappa shape index (κ3) is 1.51. The second-order valence-electron chi connectivity index (χ2n) is 4.10. The van der Waals surface area contributed by atoms with Gasteiger partial charge in [-0.25, -0.2) is 0 Å². The lowest BCUT2D eigenvalue weighted by molar-refractivity contribution is -0.205. The van der Waals surface area contributed by atoms with Crippen molar-refractivity contribution in [1.82, 2.24) is 5.32 Å². The van der Waals surface area contributed by atoms with Crippen LogP contribution in [-0.4, -0.2) is 47.6 Å². The van der Waals surface area contributed by atoms with Gasteiger partial charge < -0.3 is 20.3 Å². The minimum Gasteiger partial charge on any atom is -0.396 e. The van der Waals surface area contributed by atoms with E-state index in [2.05, 4.69) is 5.32 Å². The number of carbonyl (C=O) groups excluding carboxylic acids is 1. The molecular weight excluding hydrogens is 186 g/mol. The molecule has 2 heterocycles. The predicted octanol–water partition coefficient (Wildman–Crippen LogP) is -1.37. The Kier molecular flexibility index (Phi) is 2.47. The highest BCUT2D eigenvalue weighted by Gasteiger charge is 2.51. The van der Waals surface area contributed by atoms with E-state index in [1.165, 1.54) is 0 Å². The largest absolute Gasteiger partial charge is 0.396 e. The first-order valence-corrected chi connectivity index (χ1v) is 4.87. The highest BCUT2D eigenvalue weighted by atomic mass is 16.5. The molecular formula is C9H15NO4. The van der Waals surface area contributed by atoms with Crippen LogP contribution >= 0.6 is 0 Å². The molecule has 0 bridgehead atoms. The van der Waals surface area contributed by atoms with Crippen molar-refractivity contribution in [3.05, 3.63) is 0 Å². The zero-order valence-corrected chi connectivity index (χ0v) is 7.90. The first-order chi connectivity index (χ1) is 6.65. The lowest BCUT2D eigenvalue weighted by Crippen LogP contribution is -2.57. The summed E-state index contributed by atoms with van der Waals surface area (Å²) in [6.45, 7) is 0.556. The smallest absolute Gasteiger partial charge is 0.226 e. The monoisotopic (exact) mass is 201 g/mol. The molecule has 2 fully saturated rings. The minimum atomic E-state index is -0.964. The van der Waals surface area contributed by atoms with Crippen LogP contribution in [0.15, 0.2) is 0 Å². The van der Waals surface area contributed by atoms with Crippen LogP contribution in [0, 0.1) is 5.92 Å². The first-order valence-electron chi connectivity index (χ1n) is 4.87. The van der Waals surface area contributed by atoms with Crippen LogP contribution in [0.5, 0.6) is 0 Å². The Hall–Kier alpha value is -0.650. The van der Waals surface area contributed by atoms with Crippen LogP contribution in [-0.2, 0) is 9.53 Å². The molecule has 0 aromatic carbocycles. The third-order valence-corrected chi connectivity index (χ3v) is 3.01. The molecule has 0 aromatic heterocycles. The van der Waals surface area contributed by atoms with Gasteiger partial charge in [0.25, 0.3) is 0 Å². The third-order valence-electron chi connectivity index (χ3n) is 3.01. The predicted molar refractivity (Wildman–Crippen MR) is 47.5 cm³/mol. The quantitative estimate of drug-likeness (QED) is 0.526. The van der Waals surface area contributed by atoms with Gasteiger partial charge in [-0.1, -0.05) is 0 Å². The fourth-order valence-corrected chi connectivity index (χ4v) is 2.07. The van der Waals surface area contributed by atoms with Gasteiger partial charge in [-0.15, -0.1) is 0 Å². The zero-order chi connectivity index (χ0) is 10.2. The summed E-state index contributed by atoms with van der Waals surface area (Å²) in [7, 11) is 0. The van der Waals surface area contributed by atoms with E-state index >= 15 is 0 Å². The van der Waals surface area contributed by atoms with E-state index in [1.54, 1.807) is 0 Å². The first kappa shape index (κ1) is 9.89. The molecule has 2 rings (SSSR count). The average molecular weight is 201 g/mol. The molecule has 80 valence electrons. The molecule has 0 spiro atoms. The van der Waals surface area contributed by atoms with Gasteiger partial charge in [0.05, 0.1) is 19.1 Å². The summed E-state index contributed by atoms with van der Waals surface area (Å²) >= 11 is 0. The van der Waals surface area contributed by atoms with Crippen molar-refractivity contribution in [3.63, 3.8) is 0 Å². The van der Waals surface area contributed by atoms with Crippen molar-refractivity contribution in [3.8, 4) is 0 Å². The Bertz CT molecular complexity index is 239. The summed E-state index contributed by atoms with van der Waals surface area (Å²) < 4.78 is 4.91. The Balaban J connectivity index is 1.97. The van der Waals surface area contributed by atoms with E-state index in [1.807, 2.05) is 0 Å². The standard InChI is InChI=1S/C9H15NO4/c11-2-1-6-3-7(8(12)10-6)9(13)4-14-5-9/h6-7,11,13H,1-5H2,(H,10,12)/t6-,7?/m1/s1. The normalized spacial score (nSPS) is 35.1. The van der Waals surface area contributed by atoms with Gasteiger partial charge in [-0.05, 0) is 12.8 Å². The molecule has 1 unspecified atom stereocenters. The second kappa shape index (κ2) is 3.49. The highest BCUT2D eigenvalue weighted by molar-refractivity contribution is 5.82. The van der Waals surface area contributed by atoms with Crippen LogP contribution < -0.4 is 5.32 Å². The summed E-state index contributed by atoms with van der Waals surface area (Å²) in [5, 5.41) is 21.4. The lowest BCUT2D eigenvalue weighted by atomic mass is 9.83. The minimum absolute atomic E-state index is 0.00197. The molecule has 2 atom stereocenters. The van der Waals surface area contributed by atoms with Crippen LogP contribution in [0.25, 0.3) is 0 Å². The number of aliphatic hydroxyl groups is 2. The van der Waals surface area contributed by atoms with Crippen LogP contribution in [0.3, 0.4) is 0 Å². The van der Waals surface area contributed by atoms with Crippen molar-refractivity contribution in [2.45, 2.75) is 24.5 Å². The molecule has 2 saturated heterocycles. The van der Waals surface area contributed by atoms with Crippen molar-refractivity contribution < 1.29 is 19.7 Å². The van der Waals surface area contributed by atoms with Crippen LogP contribution in [0.1, 0.15) is 12.8 Å². The van der Waals surface area contributed by atoms with E-state index in [4.69, 9.17) is 9.84 Å². The molecule has 0 aliphatic carbocycles. The molecule has 0 radical (unpaired) electrons. The van der Waals surface area contributed by atoms with Gasteiger partial charge in [0.2, 0.25) is 5.91 Å². The topological polar surface area (TPSA) is 78.8 Å². The SMILES string of the molecule is O=C1N[C@H](CCO)CC1C1(O)COC1. The summed E-state index contributed by atoms with van der Waals surface area (Å²) in [6, 6.07) is 0.00197. The van der Waals surface area contributed by atoms with E-state index < -0.39 is 5.60 Å². The Morgan fingerprint density at radius 3 is 2.79 bits per heavy atom. The van der Waals surface area contributed by atoms with Gasteiger partial charge in [-0.2, -0.15) is 0 Å². The molecule has 2 aliphatic heterocycles. The number of amides is 1. The maximum absolute atomic E-state index is 11.5. The van der Waals surface area contributed by atoms with Gasteiger partial charge >= 0.3 is 0 Å². The number of rotatable bonds is 3. The maximum Gasteiger partial charge on any atom is 0.226 e. The molecule has 5 nitrogen and oxygen atoms in total. The summed E-state index contributed by atoms with van der Waals surface area (Å²) in [5.74, 6) is -0.484. The summed E-state index contributed by atoms with van der Waals surface area (Å²) in [5.41, 5.74) is -0.964. The Morgan fingerprint density at radius 1 is 1.57 bits per heavy atom.